The fraction of sp³-hybridized carbons (Fsp3) is 0.263. The summed E-state index contributed by atoms with van der Waals surface area (Å²) < 4.78 is 1.82. The van der Waals surface area contributed by atoms with Gasteiger partial charge in [-0.1, -0.05) is 35.5 Å². The number of hydrogen-bond acceptors (Lipinski definition) is 4. The predicted octanol–water partition coefficient (Wildman–Crippen LogP) is 2.90. The van der Waals surface area contributed by atoms with Gasteiger partial charge in [0.1, 0.15) is 11.5 Å². The molecule has 0 unspecified atom stereocenters. The van der Waals surface area contributed by atoms with Crippen LogP contribution in [-0.2, 0) is 12.0 Å². The molecule has 25 heavy (non-hydrogen) atoms. The lowest BCUT2D eigenvalue weighted by Crippen LogP contribution is -2.22. The minimum atomic E-state index is -0.178. The van der Waals surface area contributed by atoms with Gasteiger partial charge in [0, 0.05) is 24.3 Å². The Morgan fingerprint density at radius 3 is 2.60 bits per heavy atom. The molecule has 0 radical (unpaired) electrons. The second-order valence-electron chi connectivity index (χ2n) is 6.87. The Kier molecular flexibility index (Phi) is 4.61. The molecule has 128 valence electrons. The summed E-state index contributed by atoms with van der Waals surface area (Å²) in [6.45, 7) is 6.20. The Hall–Kier alpha value is -3.02. The SMILES string of the molecule is CC(C)(C)n1cc(/C=C(/Cc2ccccc2)c2nccc(=O)[nH]2)nn1. The van der Waals surface area contributed by atoms with E-state index in [4.69, 9.17) is 0 Å². The van der Waals surface area contributed by atoms with Crippen LogP contribution in [0.2, 0.25) is 0 Å². The second kappa shape index (κ2) is 6.84. The molecule has 0 amide bonds. The number of allylic oxidation sites excluding steroid dienone is 1. The third-order valence-electron chi connectivity index (χ3n) is 3.73. The van der Waals surface area contributed by atoms with E-state index in [0.717, 1.165) is 16.8 Å². The number of nitrogens with zero attached hydrogens (tertiary/aromatic N) is 4. The molecule has 0 saturated carbocycles. The van der Waals surface area contributed by atoms with Crippen molar-refractivity contribution in [2.24, 2.45) is 0 Å². The van der Waals surface area contributed by atoms with Gasteiger partial charge >= 0.3 is 0 Å². The van der Waals surface area contributed by atoms with E-state index in [2.05, 4.69) is 41.1 Å². The molecule has 1 N–H and O–H groups in total. The zero-order valence-electron chi connectivity index (χ0n) is 14.6. The van der Waals surface area contributed by atoms with Gasteiger partial charge in [-0.3, -0.25) is 4.79 Å². The normalized spacial score (nSPS) is 12.4. The van der Waals surface area contributed by atoms with E-state index in [9.17, 15) is 4.79 Å². The van der Waals surface area contributed by atoms with E-state index in [1.165, 1.54) is 12.3 Å². The number of benzene rings is 1. The first kappa shape index (κ1) is 16.8. The maximum absolute atomic E-state index is 11.7. The van der Waals surface area contributed by atoms with Crippen LogP contribution in [0.4, 0.5) is 0 Å². The molecule has 0 bridgehead atoms. The first-order chi connectivity index (χ1) is 11.9. The average Bonchev–Trinajstić information content (AvgIpc) is 3.04. The molecule has 2 aromatic heterocycles. The van der Waals surface area contributed by atoms with Crippen molar-refractivity contribution in [3.05, 3.63) is 76.2 Å². The van der Waals surface area contributed by atoms with E-state index < -0.39 is 0 Å². The number of aromatic nitrogens is 5. The molecule has 0 aliphatic rings. The van der Waals surface area contributed by atoms with Crippen molar-refractivity contribution in [3.63, 3.8) is 0 Å². The first-order valence-corrected chi connectivity index (χ1v) is 8.15. The Morgan fingerprint density at radius 2 is 1.96 bits per heavy atom. The Bertz CT molecular complexity index is 932. The van der Waals surface area contributed by atoms with Crippen molar-refractivity contribution in [1.29, 1.82) is 0 Å². The number of H-pyrrole nitrogens is 1. The number of rotatable bonds is 4. The standard InChI is InChI=1S/C19H21N5O/c1-19(2,3)24-13-16(22-23-24)12-15(11-14-7-5-4-6-8-14)18-20-10-9-17(25)21-18/h4-10,12-13H,11H2,1-3H3,(H,20,21,25)/b15-12-. The summed E-state index contributed by atoms with van der Waals surface area (Å²) in [5.41, 5.74) is 2.42. The van der Waals surface area contributed by atoms with Crippen molar-refractivity contribution in [1.82, 2.24) is 25.0 Å². The van der Waals surface area contributed by atoms with Crippen LogP contribution in [0.5, 0.6) is 0 Å². The molecule has 3 rings (SSSR count). The molecule has 0 aliphatic carbocycles. The van der Waals surface area contributed by atoms with Crippen LogP contribution < -0.4 is 5.56 Å². The van der Waals surface area contributed by atoms with Gasteiger partial charge in [0.25, 0.3) is 5.56 Å². The van der Waals surface area contributed by atoms with E-state index in [0.29, 0.717) is 12.2 Å². The molecule has 0 spiro atoms. The zero-order chi connectivity index (χ0) is 17.9. The molecule has 0 atom stereocenters. The third-order valence-corrected chi connectivity index (χ3v) is 3.73. The summed E-state index contributed by atoms with van der Waals surface area (Å²) in [5, 5.41) is 8.42. The van der Waals surface area contributed by atoms with Crippen molar-refractivity contribution >= 4 is 11.6 Å². The van der Waals surface area contributed by atoms with Crippen molar-refractivity contribution < 1.29 is 0 Å². The van der Waals surface area contributed by atoms with Crippen LogP contribution in [-0.4, -0.2) is 25.0 Å². The highest BCUT2D eigenvalue weighted by molar-refractivity contribution is 5.78. The van der Waals surface area contributed by atoms with E-state index >= 15 is 0 Å². The molecular weight excluding hydrogens is 314 g/mol. The molecule has 6 heteroatoms. The largest absolute Gasteiger partial charge is 0.307 e. The predicted molar refractivity (Wildman–Crippen MR) is 97.9 cm³/mol. The van der Waals surface area contributed by atoms with E-state index in [1.807, 2.05) is 47.3 Å². The highest BCUT2D eigenvalue weighted by Gasteiger charge is 2.15. The van der Waals surface area contributed by atoms with Gasteiger partial charge < -0.3 is 4.98 Å². The number of aromatic amines is 1. The lowest BCUT2D eigenvalue weighted by molar-refractivity contribution is 0.347. The number of hydrogen-bond donors (Lipinski definition) is 1. The summed E-state index contributed by atoms with van der Waals surface area (Å²) in [6, 6.07) is 11.4. The van der Waals surface area contributed by atoms with Crippen molar-refractivity contribution in [2.75, 3.05) is 0 Å². The lowest BCUT2D eigenvalue weighted by Gasteiger charge is -2.17. The Morgan fingerprint density at radius 1 is 1.20 bits per heavy atom. The van der Waals surface area contributed by atoms with Crippen LogP contribution in [0.3, 0.4) is 0 Å². The van der Waals surface area contributed by atoms with Crippen LogP contribution in [0, 0.1) is 0 Å². The molecular formula is C19H21N5O. The third kappa shape index (κ3) is 4.29. The average molecular weight is 335 g/mol. The van der Waals surface area contributed by atoms with Gasteiger partial charge in [-0.25, -0.2) is 9.67 Å². The summed E-state index contributed by atoms with van der Waals surface area (Å²) >= 11 is 0. The van der Waals surface area contributed by atoms with Crippen molar-refractivity contribution in [2.45, 2.75) is 32.7 Å². The van der Waals surface area contributed by atoms with Crippen LogP contribution in [0.25, 0.3) is 11.6 Å². The highest BCUT2D eigenvalue weighted by atomic mass is 16.1. The molecule has 2 heterocycles. The molecule has 0 aliphatic heterocycles. The topological polar surface area (TPSA) is 76.5 Å². The molecule has 6 nitrogen and oxygen atoms in total. The van der Waals surface area contributed by atoms with Gasteiger partial charge in [-0.05, 0) is 32.4 Å². The van der Waals surface area contributed by atoms with Crippen LogP contribution >= 0.6 is 0 Å². The highest BCUT2D eigenvalue weighted by Crippen LogP contribution is 2.20. The van der Waals surface area contributed by atoms with E-state index in [1.54, 1.807) is 0 Å². The minimum absolute atomic E-state index is 0.141. The molecule has 3 aromatic rings. The first-order valence-electron chi connectivity index (χ1n) is 8.15. The van der Waals surface area contributed by atoms with Gasteiger partial charge in [-0.2, -0.15) is 0 Å². The van der Waals surface area contributed by atoms with Crippen LogP contribution in [0.1, 0.15) is 37.9 Å². The molecule has 0 fully saturated rings. The second-order valence-corrected chi connectivity index (χ2v) is 6.87. The van der Waals surface area contributed by atoms with Gasteiger partial charge in [0.15, 0.2) is 0 Å². The Labute approximate surface area is 146 Å². The van der Waals surface area contributed by atoms with E-state index in [-0.39, 0.29) is 11.1 Å². The maximum Gasteiger partial charge on any atom is 0.251 e. The smallest absolute Gasteiger partial charge is 0.251 e. The van der Waals surface area contributed by atoms with Gasteiger partial charge in [0.05, 0.1) is 11.7 Å². The molecule has 0 saturated heterocycles. The van der Waals surface area contributed by atoms with Crippen molar-refractivity contribution in [3.8, 4) is 0 Å². The monoisotopic (exact) mass is 335 g/mol. The summed E-state index contributed by atoms with van der Waals surface area (Å²) in [5.74, 6) is 0.543. The zero-order valence-corrected chi connectivity index (χ0v) is 14.6. The fourth-order valence-electron chi connectivity index (χ4n) is 2.40. The fourth-order valence-corrected chi connectivity index (χ4v) is 2.40. The summed E-state index contributed by atoms with van der Waals surface area (Å²) in [7, 11) is 0. The Balaban J connectivity index is 2.01. The van der Waals surface area contributed by atoms with Crippen LogP contribution in [0.15, 0.2) is 53.6 Å². The summed E-state index contributed by atoms with van der Waals surface area (Å²) in [4.78, 5) is 18.8. The quantitative estimate of drug-likeness (QED) is 0.795. The van der Waals surface area contributed by atoms with Gasteiger partial charge in [0.2, 0.25) is 0 Å². The minimum Gasteiger partial charge on any atom is -0.307 e. The lowest BCUT2D eigenvalue weighted by atomic mass is 10.0. The summed E-state index contributed by atoms with van der Waals surface area (Å²) in [6.07, 6.45) is 5.96. The molecule has 1 aromatic carbocycles. The number of nitrogens with one attached hydrogen (secondary N) is 1. The van der Waals surface area contributed by atoms with Gasteiger partial charge in [-0.15, -0.1) is 5.10 Å². The maximum atomic E-state index is 11.7.